The van der Waals surface area contributed by atoms with Gasteiger partial charge in [-0.3, -0.25) is 0 Å². The van der Waals surface area contributed by atoms with Crippen molar-refractivity contribution in [3.8, 4) is 0 Å². The number of nitrogens with one attached hydrogen (secondary N) is 1. The highest BCUT2D eigenvalue weighted by atomic mass is 32.1. The molecule has 0 atom stereocenters. The lowest BCUT2D eigenvalue weighted by molar-refractivity contribution is 1.36. The van der Waals surface area contributed by atoms with E-state index in [1.165, 1.54) is 21.4 Å². The van der Waals surface area contributed by atoms with Crippen molar-refractivity contribution < 1.29 is 0 Å². The van der Waals surface area contributed by atoms with E-state index in [1.807, 2.05) is 0 Å². The molecule has 2 nitrogen and oxygen atoms in total. The average molecular weight is 268 g/mol. The Morgan fingerprint density at radius 2 is 1.63 bits per heavy atom. The Kier molecular flexibility index (Phi) is 2.99. The van der Waals surface area contributed by atoms with Gasteiger partial charge in [-0.25, -0.2) is 4.98 Å². The molecular weight excluding hydrogens is 252 g/mol. The number of thiazole rings is 1. The van der Waals surface area contributed by atoms with Crippen molar-refractivity contribution in [1.82, 2.24) is 4.98 Å². The first kappa shape index (κ1) is 12.2. The van der Waals surface area contributed by atoms with Crippen LogP contribution in [0.25, 0.3) is 10.2 Å². The van der Waals surface area contributed by atoms with Gasteiger partial charge in [-0.2, -0.15) is 0 Å². The molecule has 0 saturated heterocycles. The van der Waals surface area contributed by atoms with Gasteiger partial charge in [0, 0.05) is 5.69 Å². The van der Waals surface area contributed by atoms with Gasteiger partial charge in [-0.1, -0.05) is 23.5 Å². The van der Waals surface area contributed by atoms with E-state index in [1.54, 1.807) is 11.3 Å². The fraction of sp³-hybridized carbons (Fsp3) is 0.188. The summed E-state index contributed by atoms with van der Waals surface area (Å²) in [6.45, 7) is 6.32. The van der Waals surface area contributed by atoms with E-state index in [4.69, 9.17) is 0 Å². The summed E-state index contributed by atoms with van der Waals surface area (Å²) in [6, 6.07) is 12.8. The molecule has 3 rings (SSSR count). The molecule has 0 unspecified atom stereocenters. The SMILES string of the molecule is Cc1cc(C)cc(Nc2nc3cc(C)ccc3s2)c1. The normalized spacial score (nSPS) is 10.9. The molecule has 2 aromatic carbocycles. The van der Waals surface area contributed by atoms with Crippen LogP contribution in [0.5, 0.6) is 0 Å². The molecule has 96 valence electrons. The minimum absolute atomic E-state index is 0.950. The molecule has 0 saturated carbocycles. The summed E-state index contributed by atoms with van der Waals surface area (Å²) in [6.07, 6.45) is 0. The van der Waals surface area contributed by atoms with Crippen molar-refractivity contribution in [3.05, 3.63) is 53.1 Å². The number of hydrogen-bond acceptors (Lipinski definition) is 3. The molecule has 0 amide bonds. The van der Waals surface area contributed by atoms with E-state index in [9.17, 15) is 0 Å². The number of nitrogens with zero attached hydrogens (tertiary/aromatic N) is 1. The number of fused-ring (bicyclic) bond motifs is 1. The van der Waals surface area contributed by atoms with E-state index >= 15 is 0 Å². The molecule has 3 aromatic rings. The summed E-state index contributed by atoms with van der Waals surface area (Å²) in [5, 5.41) is 4.35. The Bertz CT molecular complexity index is 723. The fourth-order valence-corrected chi connectivity index (χ4v) is 3.13. The van der Waals surface area contributed by atoms with E-state index in [-0.39, 0.29) is 0 Å². The van der Waals surface area contributed by atoms with Crippen LogP contribution in [0, 0.1) is 20.8 Å². The van der Waals surface area contributed by atoms with E-state index < -0.39 is 0 Å². The van der Waals surface area contributed by atoms with Crippen molar-refractivity contribution in [2.75, 3.05) is 5.32 Å². The Morgan fingerprint density at radius 1 is 0.895 bits per heavy atom. The Hall–Kier alpha value is -1.87. The lowest BCUT2D eigenvalue weighted by Gasteiger charge is -2.05. The monoisotopic (exact) mass is 268 g/mol. The zero-order chi connectivity index (χ0) is 13.4. The highest BCUT2D eigenvalue weighted by molar-refractivity contribution is 7.22. The minimum Gasteiger partial charge on any atom is -0.332 e. The summed E-state index contributed by atoms with van der Waals surface area (Å²) in [5.41, 5.74) is 5.94. The standard InChI is InChI=1S/C16H16N2S/c1-10-4-5-15-14(9-10)18-16(19-15)17-13-7-11(2)6-12(3)8-13/h4-9H,1-3H3,(H,17,18). The van der Waals surface area contributed by atoms with Gasteiger partial charge in [-0.15, -0.1) is 0 Å². The quantitative estimate of drug-likeness (QED) is 0.710. The van der Waals surface area contributed by atoms with Crippen molar-refractivity contribution >= 4 is 32.4 Å². The third kappa shape index (κ3) is 2.61. The molecule has 3 heteroatoms. The number of hydrogen-bond donors (Lipinski definition) is 1. The van der Waals surface area contributed by atoms with Crippen LogP contribution in [0.2, 0.25) is 0 Å². The average Bonchev–Trinajstić information content (AvgIpc) is 2.68. The third-order valence-corrected chi connectivity index (χ3v) is 3.97. The summed E-state index contributed by atoms with van der Waals surface area (Å²) < 4.78 is 1.22. The number of benzene rings is 2. The van der Waals surface area contributed by atoms with Crippen LogP contribution in [0.3, 0.4) is 0 Å². The lowest BCUT2D eigenvalue weighted by Crippen LogP contribution is -1.90. The van der Waals surface area contributed by atoms with Gasteiger partial charge >= 0.3 is 0 Å². The van der Waals surface area contributed by atoms with Gasteiger partial charge in [0.25, 0.3) is 0 Å². The Morgan fingerprint density at radius 3 is 2.37 bits per heavy atom. The van der Waals surface area contributed by atoms with Crippen LogP contribution in [-0.2, 0) is 0 Å². The molecule has 0 aliphatic rings. The van der Waals surface area contributed by atoms with Gasteiger partial charge in [-0.05, 0) is 61.7 Å². The van der Waals surface area contributed by atoms with Gasteiger partial charge in [0.05, 0.1) is 10.2 Å². The van der Waals surface area contributed by atoms with Crippen LogP contribution in [0.1, 0.15) is 16.7 Å². The third-order valence-electron chi connectivity index (χ3n) is 3.02. The second-order valence-corrected chi connectivity index (χ2v) is 6.02. The van der Waals surface area contributed by atoms with Gasteiger partial charge in [0.2, 0.25) is 0 Å². The Balaban J connectivity index is 1.96. The maximum absolute atomic E-state index is 4.64. The van der Waals surface area contributed by atoms with Crippen LogP contribution in [0.4, 0.5) is 10.8 Å². The summed E-state index contributed by atoms with van der Waals surface area (Å²) >= 11 is 1.69. The first-order valence-corrected chi connectivity index (χ1v) is 7.14. The maximum Gasteiger partial charge on any atom is 0.188 e. The van der Waals surface area contributed by atoms with Crippen molar-refractivity contribution in [2.45, 2.75) is 20.8 Å². The summed E-state index contributed by atoms with van der Waals surface area (Å²) in [7, 11) is 0. The zero-order valence-electron chi connectivity index (χ0n) is 11.3. The fourth-order valence-electron chi connectivity index (χ4n) is 2.26. The second-order valence-electron chi connectivity index (χ2n) is 4.99. The summed E-state index contributed by atoms with van der Waals surface area (Å²) in [4.78, 5) is 4.64. The van der Waals surface area contributed by atoms with Crippen LogP contribution < -0.4 is 5.32 Å². The first-order valence-electron chi connectivity index (χ1n) is 6.33. The molecule has 0 aliphatic carbocycles. The predicted molar refractivity (Wildman–Crippen MR) is 83.6 cm³/mol. The Labute approximate surface area is 117 Å². The number of anilines is 2. The van der Waals surface area contributed by atoms with Gasteiger partial charge in [0.15, 0.2) is 5.13 Å². The highest BCUT2D eigenvalue weighted by Gasteiger charge is 2.04. The molecule has 1 aromatic heterocycles. The topological polar surface area (TPSA) is 24.9 Å². The smallest absolute Gasteiger partial charge is 0.188 e. The molecule has 0 bridgehead atoms. The lowest BCUT2D eigenvalue weighted by atomic mass is 10.1. The molecule has 0 aliphatic heterocycles. The molecule has 1 N–H and O–H groups in total. The number of aryl methyl sites for hydroxylation is 3. The van der Waals surface area contributed by atoms with Crippen LogP contribution >= 0.6 is 11.3 Å². The predicted octanol–water partition coefficient (Wildman–Crippen LogP) is 4.97. The minimum atomic E-state index is 0.950. The first-order chi connectivity index (χ1) is 9.10. The number of aromatic nitrogens is 1. The number of rotatable bonds is 2. The molecule has 1 heterocycles. The molecule has 0 fully saturated rings. The van der Waals surface area contributed by atoms with Crippen molar-refractivity contribution in [1.29, 1.82) is 0 Å². The van der Waals surface area contributed by atoms with E-state index in [2.05, 4.69) is 67.5 Å². The highest BCUT2D eigenvalue weighted by Crippen LogP contribution is 2.29. The molecule has 19 heavy (non-hydrogen) atoms. The largest absolute Gasteiger partial charge is 0.332 e. The second kappa shape index (κ2) is 4.67. The maximum atomic E-state index is 4.64. The summed E-state index contributed by atoms with van der Waals surface area (Å²) in [5.74, 6) is 0. The van der Waals surface area contributed by atoms with E-state index in [0.717, 1.165) is 16.3 Å². The van der Waals surface area contributed by atoms with Crippen molar-refractivity contribution in [2.24, 2.45) is 0 Å². The molecular formula is C16H16N2S. The van der Waals surface area contributed by atoms with Gasteiger partial charge < -0.3 is 5.32 Å². The van der Waals surface area contributed by atoms with Crippen LogP contribution in [-0.4, -0.2) is 4.98 Å². The zero-order valence-corrected chi connectivity index (χ0v) is 12.1. The molecule has 0 spiro atoms. The van der Waals surface area contributed by atoms with Crippen LogP contribution in [0.15, 0.2) is 36.4 Å². The molecule has 0 radical (unpaired) electrons. The van der Waals surface area contributed by atoms with Gasteiger partial charge in [0.1, 0.15) is 0 Å². The van der Waals surface area contributed by atoms with E-state index in [0.29, 0.717) is 0 Å². The van der Waals surface area contributed by atoms with Crippen molar-refractivity contribution in [3.63, 3.8) is 0 Å².